The van der Waals surface area contributed by atoms with Crippen molar-refractivity contribution in [2.45, 2.75) is 26.7 Å². The highest BCUT2D eigenvalue weighted by molar-refractivity contribution is 5.98. The van der Waals surface area contributed by atoms with E-state index in [9.17, 15) is 0 Å². The van der Waals surface area contributed by atoms with Gasteiger partial charge in [0.25, 0.3) is 0 Å². The van der Waals surface area contributed by atoms with Gasteiger partial charge < -0.3 is 10.6 Å². The number of nitrogens with two attached hydrogens (primary N) is 1. The van der Waals surface area contributed by atoms with Gasteiger partial charge in [0.15, 0.2) is 0 Å². The largest absolute Gasteiger partial charge is 0.398 e. The summed E-state index contributed by atoms with van der Waals surface area (Å²) < 4.78 is 0. The fourth-order valence-corrected chi connectivity index (χ4v) is 1.95. The molecule has 0 saturated heterocycles. The first-order valence-corrected chi connectivity index (χ1v) is 4.98. The number of rotatable bonds is 3. The number of anilines is 3. The summed E-state index contributed by atoms with van der Waals surface area (Å²) in [5, 5.41) is 0. The lowest BCUT2D eigenvalue weighted by Crippen LogP contribution is -1.98. The number of fused-ring (bicyclic) bond motifs is 1. The lowest BCUT2D eigenvalue weighted by atomic mass is 10.1. The summed E-state index contributed by atoms with van der Waals surface area (Å²) in [5.74, 6) is 0. The first-order chi connectivity index (χ1) is 6.29. The summed E-state index contributed by atoms with van der Waals surface area (Å²) in [7, 11) is 0. The minimum absolute atomic E-state index is 0.955. The number of benzene rings is 1. The first kappa shape index (κ1) is 8.42. The summed E-state index contributed by atoms with van der Waals surface area (Å²) in [6, 6.07) is 4.15. The van der Waals surface area contributed by atoms with Gasteiger partial charge in [-0.25, -0.2) is 0 Å². The van der Waals surface area contributed by atoms with Crippen molar-refractivity contribution in [3.63, 3.8) is 0 Å². The highest BCUT2D eigenvalue weighted by atomic mass is 15.3. The summed E-state index contributed by atoms with van der Waals surface area (Å²) in [6.45, 7) is 5.43. The Labute approximate surface area is 79.4 Å². The molecule has 0 fully saturated rings. The van der Waals surface area contributed by atoms with Crippen LogP contribution < -0.4 is 10.6 Å². The average molecular weight is 176 g/mol. The molecule has 2 rings (SSSR count). The molecule has 1 aromatic rings. The first-order valence-electron chi connectivity index (χ1n) is 4.98. The molecule has 1 heterocycles. The molecule has 1 aliphatic rings. The lowest BCUT2D eigenvalue weighted by molar-refractivity contribution is 0.926. The average Bonchev–Trinajstić information content (AvgIpc) is 2.83. The van der Waals surface area contributed by atoms with Crippen LogP contribution in [-0.2, 0) is 6.42 Å². The Morgan fingerprint density at radius 3 is 2.69 bits per heavy atom. The molecule has 13 heavy (non-hydrogen) atoms. The molecule has 1 aliphatic heterocycles. The topological polar surface area (TPSA) is 29.0 Å². The third-order valence-corrected chi connectivity index (χ3v) is 2.62. The number of nitrogens with zero attached hydrogens (tertiary/aromatic N) is 1. The molecule has 2 heteroatoms. The molecule has 2 nitrogen and oxygen atoms in total. The Morgan fingerprint density at radius 2 is 2.08 bits per heavy atom. The van der Waals surface area contributed by atoms with E-state index in [4.69, 9.17) is 5.73 Å². The molecule has 0 amide bonds. The quantitative estimate of drug-likeness (QED) is 0.566. The van der Waals surface area contributed by atoms with E-state index in [2.05, 4.69) is 24.8 Å². The smallest absolute Gasteiger partial charge is 0.0705 e. The third-order valence-electron chi connectivity index (χ3n) is 2.62. The molecule has 0 spiro atoms. The number of hydrogen-bond donors (Lipinski definition) is 1. The van der Waals surface area contributed by atoms with E-state index < -0.39 is 0 Å². The van der Waals surface area contributed by atoms with E-state index in [1.165, 1.54) is 16.9 Å². The minimum Gasteiger partial charge on any atom is -0.398 e. The third kappa shape index (κ3) is 1.17. The lowest BCUT2D eigenvalue weighted by Gasteiger charge is -2.01. The van der Waals surface area contributed by atoms with Gasteiger partial charge in [-0.15, -0.1) is 0 Å². The van der Waals surface area contributed by atoms with E-state index in [1.807, 2.05) is 6.07 Å². The SMILES string of the molecule is CCCc1c(N)ccc2c1N2CC. The van der Waals surface area contributed by atoms with Gasteiger partial charge in [-0.05, 0) is 25.5 Å². The molecule has 0 bridgehead atoms. The Hall–Kier alpha value is -1.18. The Kier molecular flexibility index (Phi) is 1.91. The zero-order valence-corrected chi connectivity index (χ0v) is 8.30. The Bertz CT molecular complexity index is 331. The van der Waals surface area contributed by atoms with Crippen molar-refractivity contribution in [1.29, 1.82) is 0 Å². The molecule has 2 N–H and O–H groups in total. The van der Waals surface area contributed by atoms with Crippen molar-refractivity contribution in [2.75, 3.05) is 17.2 Å². The second kappa shape index (κ2) is 2.95. The van der Waals surface area contributed by atoms with Crippen molar-refractivity contribution < 1.29 is 0 Å². The zero-order chi connectivity index (χ0) is 9.42. The molecule has 70 valence electrons. The van der Waals surface area contributed by atoms with Crippen LogP contribution in [0.2, 0.25) is 0 Å². The van der Waals surface area contributed by atoms with Gasteiger partial charge in [0.1, 0.15) is 0 Å². The predicted molar refractivity (Wildman–Crippen MR) is 57.5 cm³/mol. The van der Waals surface area contributed by atoms with Crippen molar-refractivity contribution in [3.05, 3.63) is 17.7 Å². The Balaban J connectivity index is 2.35. The maximum absolute atomic E-state index is 5.93. The summed E-state index contributed by atoms with van der Waals surface area (Å²) in [6.07, 6.45) is 2.27. The van der Waals surface area contributed by atoms with Crippen molar-refractivity contribution >= 4 is 17.1 Å². The molecule has 0 unspecified atom stereocenters. The van der Waals surface area contributed by atoms with Crippen LogP contribution in [0.3, 0.4) is 0 Å². The normalized spacial score (nSPS) is 12.9. The molecule has 0 aliphatic carbocycles. The van der Waals surface area contributed by atoms with Crippen LogP contribution in [0.1, 0.15) is 25.8 Å². The summed E-state index contributed by atoms with van der Waals surface area (Å²) in [5.41, 5.74) is 11.0. The van der Waals surface area contributed by atoms with Crippen LogP contribution in [-0.4, -0.2) is 6.54 Å². The molecule has 0 saturated carbocycles. The Morgan fingerprint density at radius 1 is 1.31 bits per heavy atom. The fraction of sp³-hybridized carbons (Fsp3) is 0.455. The predicted octanol–water partition coefficient (Wildman–Crippen LogP) is 2.69. The molecule has 0 radical (unpaired) electrons. The van der Waals surface area contributed by atoms with Crippen LogP contribution in [0.15, 0.2) is 12.1 Å². The van der Waals surface area contributed by atoms with E-state index >= 15 is 0 Å². The van der Waals surface area contributed by atoms with E-state index in [-0.39, 0.29) is 0 Å². The van der Waals surface area contributed by atoms with Crippen molar-refractivity contribution in [3.8, 4) is 0 Å². The second-order valence-corrected chi connectivity index (χ2v) is 3.50. The van der Waals surface area contributed by atoms with Gasteiger partial charge in [-0.3, -0.25) is 0 Å². The van der Waals surface area contributed by atoms with E-state index in [0.29, 0.717) is 0 Å². The monoisotopic (exact) mass is 176 g/mol. The fourth-order valence-electron chi connectivity index (χ4n) is 1.95. The highest BCUT2D eigenvalue weighted by Crippen LogP contribution is 2.52. The minimum atomic E-state index is 0.955. The molecule has 1 aromatic carbocycles. The van der Waals surface area contributed by atoms with Crippen molar-refractivity contribution in [1.82, 2.24) is 0 Å². The number of hydrogen-bond acceptors (Lipinski definition) is 2. The van der Waals surface area contributed by atoms with E-state index in [1.54, 1.807) is 0 Å². The van der Waals surface area contributed by atoms with Crippen LogP contribution in [0.4, 0.5) is 17.1 Å². The zero-order valence-electron chi connectivity index (χ0n) is 8.30. The van der Waals surface area contributed by atoms with Gasteiger partial charge in [-0.2, -0.15) is 0 Å². The van der Waals surface area contributed by atoms with Crippen LogP contribution in [0, 0.1) is 0 Å². The molecular weight excluding hydrogens is 160 g/mol. The van der Waals surface area contributed by atoms with Crippen LogP contribution in [0.25, 0.3) is 0 Å². The maximum Gasteiger partial charge on any atom is 0.0705 e. The number of nitrogen functional groups attached to an aromatic ring is 1. The van der Waals surface area contributed by atoms with Gasteiger partial charge in [0, 0.05) is 17.8 Å². The van der Waals surface area contributed by atoms with Gasteiger partial charge >= 0.3 is 0 Å². The maximum atomic E-state index is 5.93. The molecular formula is C11H16N2. The second-order valence-electron chi connectivity index (χ2n) is 3.50. The molecule has 0 aromatic heterocycles. The summed E-state index contributed by atoms with van der Waals surface area (Å²) in [4.78, 5) is 2.32. The highest BCUT2D eigenvalue weighted by Gasteiger charge is 2.30. The molecule has 0 atom stereocenters. The van der Waals surface area contributed by atoms with E-state index in [0.717, 1.165) is 25.1 Å². The van der Waals surface area contributed by atoms with Crippen LogP contribution >= 0.6 is 0 Å². The van der Waals surface area contributed by atoms with Crippen LogP contribution in [0.5, 0.6) is 0 Å². The van der Waals surface area contributed by atoms with Crippen molar-refractivity contribution in [2.24, 2.45) is 0 Å². The standard InChI is InChI=1S/C11H16N2/c1-3-5-8-9(12)6-7-10-11(8)13(10)4-2/h6-7H,3-5,12H2,1-2H3. The van der Waals surface area contributed by atoms with Gasteiger partial charge in [0.2, 0.25) is 0 Å². The summed E-state index contributed by atoms with van der Waals surface area (Å²) >= 11 is 0. The van der Waals surface area contributed by atoms with Gasteiger partial charge in [0.05, 0.1) is 11.4 Å². The van der Waals surface area contributed by atoms with Gasteiger partial charge in [-0.1, -0.05) is 13.3 Å².